The Morgan fingerprint density at radius 2 is 2.31 bits per heavy atom. The van der Waals surface area contributed by atoms with Crippen LogP contribution in [0, 0.1) is 10.8 Å². The molecule has 1 aliphatic rings. The van der Waals surface area contributed by atoms with Gasteiger partial charge in [-0.1, -0.05) is 6.07 Å². The minimum absolute atomic E-state index is 0.197. The van der Waals surface area contributed by atoms with Crippen LogP contribution in [0.4, 0.5) is 5.82 Å². The van der Waals surface area contributed by atoms with E-state index < -0.39 is 0 Å². The van der Waals surface area contributed by atoms with Crippen molar-refractivity contribution in [1.29, 1.82) is 10.8 Å². The Morgan fingerprint density at radius 3 is 2.88 bits per heavy atom. The molecule has 1 saturated heterocycles. The van der Waals surface area contributed by atoms with E-state index in [2.05, 4.69) is 4.98 Å². The number of aromatic nitrogens is 1. The number of nitrogen functional groups attached to an aromatic ring is 1. The van der Waals surface area contributed by atoms with Gasteiger partial charge in [0, 0.05) is 12.5 Å². The Hall–Kier alpha value is -1.91. The van der Waals surface area contributed by atoms with E-state index in [4.69, 9.17) is 16.6 Å². The Morgan fingerprint density at radius 1 is 1.56 bits per heavy atom. The van der Waals surface area contributed by atoms with Crippen LogP contribution >= 0.6 is 0 Å². The molecule has 1 fully saturated rings. The van der Waals surface area contributed by atoms with Gasteiger partial charge in [0.1, 0.15) is 17.3 Å². The highest BCUT2D eigenvalue weighted by molar-refractivity contribution is 6.07. The minimum atomic E-state index is 0.197. The van der Waals surface area contributed by atoms with Gasteiger partial charge in [-0.2, -0.15) is 0 Å². The fraction of sp³-hybridized carbons (Fsp3) is 0.364. The second kappa shape index (κ2) is 3.92. The lowest BCUT2D eigenvalue weighted by Crippen LogP contribution is -2.37. The van der Waals surface area contributed by atoms with E-state index in [1.54, 1.807) is 23.1 Å². The largest absolute Gasteiger partial charge is 0.384 e. The van der Waals surface area contributed by atoms with Crippen molar-refractivity contribution in [2.24, 2.45) is 0 Å². The van der Waals surface area contributed by atoms with E-state index in [0.717, 1.165) is 12.8 Å². The Labute approximate surface area is 94.3 Å². The van der Waals surface area contributed by atoms with E-state index in [-0.39, 0.29) is 11.9 Å². The maximum atomic E-state index is 8.05. The van der Waals surface area contributed by atoms with Gasteiger partial charge in [0.2, 0.25) is 0 Å². The van der Waals surface area contributed by atoms with Crippen LogP contribution in [0.15, 0.2) is 18.2 Å². The van der Waals surface area contributed by atoms with Crippen LogP contribution in [-0.2, 0) is 0 Å². The zero-order valence-electron chi connectivity index (χ0n) is 9.20. The van der Waals surface area contributed by atoms with Gasteiger partial charge in [0.15, 0.2) is 5.84 Å². The monoisotopic (exact) mass is 217 g/mol. The van der Waals surface area contributed by atoms with Crippen molar-refractivity contribution in [3.8, 4) is 0 Å². The Kier molecular flexibility index (Phi) is 2.60. The average Bonchev–Trinajstić information content (AvgIpc) is 2.58. The van der Waals surface area contributed by atoms with Gasteiger partial charge in [-0.3, -0.25) is 10.8 Å². The summed E-state index contributed by atoms with van der Waals surface area (Å²) in [6.45, 7) is 2.02. The third-order valence-electron chi connectivity index (χ3n) is 2.78. The van der Waals surface area contributed by atoms with Crippen molar-refractivity contribution in [2.45, 2.75) is 25.8 Å². The highest BCUT2D eigenvalue weighted by atomic mass is 15.3. The third kappa shape index (κ3) is 1.76. The molecule has 5 heteroatoms. The molecule has 84 valence electrons. The lowest BCUT2D eigenvalue weighted by molar-refractivity contribution is 0.496. The van der Waals surface area contributed by atoms with Crippen molar-refractivity contribution >= 4 is 17.5 Å². The third-order valence-corrected chi connectivity index (χ3v) is 2.78. The molecule has 1 atom stereocenters. The summed E-state index contributed by atoms with van der Waals surface area (Å²) >= 11 is 0. The summed E-state index contributed by atoms with van der Waals surface area (Å²) in [5, 5.41) is 15.8. The molecular formula is C11H15N5. The molecule has 1 aliphatic heterocycles. The molecule has 0 amide bonds. The molecule has 4 N–H and O–H groups in total. The molecule has 0 unspecified atom stereocenters. The quantitative estimate of drug-likeness (QED) is 0.491. The number of nitrogens with one attached hydrogen (secondary N) is 2. The summed E-state index contributed by atoms with van der Waals surface area (Å²) in [6.07, 6.45) is 1.65. The van der Waals surface area contributed by atoms with E-state index >= 15 is 0 Å². The molecule has 1 aromatic heterocycles. The molecule has 5 nitrogen and oxygen atoms in total. The second-order valence-corrected chi connectivity index (χ2v) is 4.00. The van der Waals surface area contributed by atoms with Crippen LogP contribution in [0.1, 0.15) is 25.5 Å². The molecule has 2 rings (SSSR count). The van der Waals surface area contributed by atoms with Crippen molar-refractivity contribution < 1.29 is 0 Å². The Bertz CT molecular complexity index is 440. The summed E-state index contributed by atoms with van der Waals surface area (Å²) in [6, 6.07) is 5.41. The fourth-order valence-electron chi connectivity index (χ4n) is 1.92. The van der Waals surface area contributed by atoms with E-state index in [0.29, 0.717) is 17.3 Å². The lowest BCUT2D eigenvalue weighted by Gasteiger charge is -2.23. The highest BCUT2D eigenvalue weighted by Crippen LogP contribution is 2.20. The number of anilines is 1. The molecular weight excluding hydrogens is 202 g/mol. The average molecular weight is 217 g/mol. The number of hydrogen-bond acceptors (Lipinski definition) is 4. The van der Waals surface area contributed by atoms with Gasteiger partial charge < -0.3 is 10.6 Å². The number of hydrogen-bond donors (Lipinski definition) is 3. The molecule has 0 saturated carbocycles. The van der Waals surface area contributed by atoms with Crippen molar-refractivity contribution in [3.05, 3.63) is 23.9 Å². The number of likely N-dealkylation sites (tertiary alicyclic amines) is 1. The first kappa shape index (κ1) is 10.6. The molecule has 1 aromatic rings. The lowest BCUT2D eigenvalue weighted by atomic mass is 10.2. The number of amidine groups is 2. The summed E-state index contributed by atoms with van der Waals surface area (Å²) in [5.74, 6) is 1.16. The van der Waals surface area contributed by atoms with Crippen molar-refractivity contribution in [3.63, 3.8) is 0 Å². The van der Waals surface area contributed by atoms with Crippen LogP contribution < -0.4 is 5.73 Å². The van der Waals surface area contributed by atoms with Crippen LogP contribution in [0.5, 0.6) is 0 Å². The van der Waals surface area contributed by atoms with Crippen LogP contribution in [0.2, 0.25) is 0 Å². The van der Waals surface area contributed by atoms with Crippen molar-refractivity contribution in [2.75, 3.05) is 5.73 Å². The summed E-state index contributed by atoms with van der Waals surface area (Å²) in [5.41, 5.74) is 6.11. The molecule has 2 heterocycles. The standard InChI is InChI=1S/C11H15N5/c1-7-5-6-10(13)16(7)11(14)8-3-2-4-9(12)15-8/h2-4,7,13-14H,5-6H2,1H3,(H2,12,15)/t7-/m0/s1. The maximum Gasteiger partial charge on any atom is 0.152 e. The molecule has 0 aromatic carbocycles. The number of nitrogens with zero attached hydrogens (tertiary/aromatic N) is 2. The molecule has 0 radical (unpaired) electrons. The summed E-state index contributed by atoms with van der Waals surface area (Å²) < 4.78 is 0. The minimum Gasteiger partial charge on any atom is -0.384 e. The summed E-state index contributed by atoms with van der Waals surface area (Å²) in [7, 11) is 0. The second-order valence-electron chi connectivity index (χ2n) is 4.00. The number of rotatable bonds is 1. The Balaban J connectivity index is 2.28. The molecule has 16 heavy (non-hydrogen) atoms. The smallest absolute Gasteiger partial charge is 0.152 e. The first-order chi connectivity index (χ1) is 7.59. The van der Waals surface area contributed by atoms with Gasteiger partial charge in [-0.25, -0.2) is 4.98 Å². The predicted octanol–water partition coefficient (Wildman–Crippen LogP) is 1.45. The van der Waals surface area contributed by atoms with E-state index in [1.165, 1.54) is 0 Å². The summed E-state index contributed by atoms with van der Waals surface area (Å²) in [4.78, 5) is 5.81. The molecule has 0 bridgehead atoms. The SMILES string of the molecule is C[C@H]1CCC(=N)N1C(=N)c1cccc(N)n1. The molecule has 0 aliphatic carbocycles. The van der Waals surface area contributed by atoms with Gasteiger partial charge >= 0.3 is 0 Å². The normalized spacial score (nSPS) is 20.2. The van der Waals surface area contributed by atoms with Crippen LogP contribution in [-0.4, -0.2) is 27.6 Å². The van der Waals surface area contributed by atoms with E-state index in [1.807, 2.05) is 6.92 Å². The highest BCUT2D eigenvalue weighted by Gasteiger charge is 2.29. The number of pyridine rings is 1. The molecule has 0 spiro atoms. The van der Waals surface area contributed by atoms with Gasteiger partial charge in [-0.05, 0) is 25.5 Å². The predicted molar refractivity (Wildman–Crippen MR) is 63.7 cm³/mol. The van der Waals surface area contributed by atoms with Gasteiger partial charge in [-0.15, -0.1) is 0 Å². The van der Waals surface area contributed by atoms with Gasteiger partial charge in [0.25, 0.3) is 0 Å². The van der Waals surface area contributed by atoms with Crippen LogP contribution in [0.3, 0.4) is 0 Å². The first-order valence-electron chi connectivity index (χ1n) is 5.27. The van der Waals surface area contributed by atoms with Crippen molar-refractivity contribution in [1.82, 2.24) is 9.88 Å². The zero-order valence-corrected chi connectivity index (χ0v) is 9.20. The topological polar surface area (TPSA) is 89.9 Å². The van der Waals surface area contributed by atoms with Crippen LogP contribution in [0.25, 0.3) is 0 Å². The van der Waals surface area contributed by atoms with Gasteiger partial charge in [0.05, 0.1) is 0 Å². The van der Waals surface area contributed by atoms with E-state index in [9.17, 15) is 0 Å². The fourth-order valence-corrected chi connectivity index (χ4v) is 1.92. The zero-order chi connectivity index (χ0) is 11.7. The first-order valence-corrected chi connectivity index (χ1v) is 5.27. The number of nitrogens with two attached hydrogens (primary N) is 1. The maximum absolute atomic E-state index is 8.05.